The molecule has 1 amide bonds. The molecule has 3 atom stereocenters. The second-order valence-electron chi connectivity index (χ2n) is 17.2. The lowest BCUT2D eigenvalue weighted by Crippen LogP contribution is -2.46. The zero-order valence-electron chi connectivity index (χ0n) is 40.0. The van der Waals surface area contributed by atoms with Gasteiger partial charge in [-0.25, -0.2) is 0 Å². The molecule has 0 aliphatic heterocycles. The first-order valence-corrected chi connectivity index (χ1v) is 25.7. The summed E-state index contributed by atoms with van der Waals surface area (Å²) in [5.41, 5.74) is 0. The van der Waals surface area contributed by atoms with Crippen LogP contribution in [0.2, 0.25) is 0 Å². The number of esters is 1. The smallest absolute Gasteiger partial charge is 0.306 e. The quantitative estimate of drug-likeness (QED) is 0.0322. The Morgan fingerprint density at radius 2 is 0.885 bits per heavy atom. The standard InChI is InChI=1S/C55H97NO5/c1-4-7-10-13-16-19-22-25-26-27-28-30-33-36-39-42-45-48-55(60)61-51(46-43-40-37-34-31-29-23-20-17-14-11-8-5-2)49-54(59)56-52(50-57)53(58)47-44-41-38-35-32-24-21-18-15-12-9-6-3/h7,10,16,19-20,23,25-26,28,30,36,39,51-53,57-58H,4-6,8-9,11-15,17-18,21-22,24,27,29,31-35,37-38,40-50H2,1-3H3,(H,56,59)/b10-7-,19-16-,23-20-,26-25-,30-28-,39-36-. The summed E-state index contributed by atoms with van der Waals surface area (Å²) in [5.74, 6) is -0.553. The molecule has 0 aromatic heterocycles. The van der Waals surface area contributed by atoms with Gasteiger partial charge in [0.1, 0.15) is 6.10 Å². The highest BCUT2D eigenvalue weighted by atomic mass is 16.5. The number of nitrogens with one attached hydrogen (secondary N) is 1. The monoisotopic (exact) mass is 852 g/mol. The number of rotatable bonds is 45. The fourth-order valence-corrected chi connectivity index (χ4v) is 7.40. The summed E-state index contributed by atoms with van der Waals surface area (Å²) >= 11 is 0. The van der Waals surface area contributed by atoms with Gasteiger partial charge in [-0.1, -0.05) is 209 Å². The SMILES string of the molecule is CC/C=C\C/C=C\C/C=C\C/C=C\C/C=C\CCCC(=O)OC(CCCCCCC/C=C\CCCCCC)CC(=O)NC(CO)C(O)CCCCCCCCCCCCCC. The van der Waals surface area contributed by atoms with E-state index in [2.05, 4.69) is 99.0 Å². The van der Waals surface area contributed by atoms with Gasteiger partial charge in [0.2, 0.25) is 5.91 Å². The van der Waals surface area contributed by atoms with E-state index in [9.17, 15) is 19.8 Å². The molecule has 0 saturated carbocycles. The van der Waals surface area contributed by atoms with Crippen molar-refractivity contribution in [2.75, 3.05) is 6.61 Å². The van der Waals surface area contributed by atoms with Gasteiger partial charge < -0.3 is 20.3 Å². The predicted octanol–water partition coefficient (Wildman–Crippen LogP) is 15.4. The lowest BCUT2D eigenvalue weighted by Gasteiger charge is -2.24. The Bertz CT molecular complexity index is 1140. The van der Waals surface area contributed by atoms with Crippen molar-refractivity contribution in [3.8, 4) is 0 Å². The van der Waals surface area contributed by atoms with Crippen molar-refractivity contribution in [2.24, 2.45) is 0 Å². The molecular weight excluding hydrogens is 755 g/mol. The molecule has 352 valence electrons. The summed E-state index contributed by atoms with van der Waals surface area (Å²) in [6, 6.07) is -0.717. The summed E-state index contributed by atoms with van der Waals surface area (Å²) in [4.78, 5) is 26.1. The maximum atomic E-state index is 13.2. The van der Waals surface area contributed by atoms with Crippen molar-refractivity contribution in [3.63, 3.8) is 0 Å². The van der Waals surface area contributed by atoms with E-state index in [0.29, 0.717) is 25.7 Å². The lowest BCUT2D eigenvalue weighted by molar-refractivity contribution is -0.151. The van der Waals surface area contributed by atoms with Crippen LogP contribution >= 0.6 is 0 Å². The highest BCUT2D eigenvalue weighted by Crippen LogP contribution is 2.17. The molecule has 0 spiro atoms. The number of hydrogen-bond acceptors (Lipinski definition) is 5. The molecule has 6 heteroatoms. The first kappa shape index (κ1) is 58.3. The van der Waals surface area contributed by atoms with Crippen molar-refractivity contribution in [1.82, 2.24) is 5.32 Å². The number of unbranched alkanes of at least 4 members (excludes halogenated alkanes) is 21. The van der Waals surface area contributed by atoms with Crippen LogP contribution < -0.4 is 5.32 Å². The summed E-state index contributed by atoms with van der Waals surface area (Å²) in [6.07, 6.45) is 61.0. The van der Waals surface area contributed by atoms with Crippen LogP contribution in [-0.2, 0) is 14.3 Å². The van der Waals surface area contributed by atoms with Crippen LogP contribution in [0.15, 0.2) is 72.9 Å². The third kappa shape index (κ3) is 43.7. The van der Waals surface area contributed by atoms with Crippen LogP contribution in [0, 0.1) is 0 Å². The second kappa shape index (κ2) is 48.3. The second-order valence-corrected chi connectivity index (χ2v) is 17.2. The van der Waals surface area contributed by atoms with Crippen LogP contribution in [0.3, 0.4) is 0 Å². The molecule has 0 aromatic rings. The molecule has 0 heterocycles. The van der Waals surface area contributed by atoms with Gasteiger partial charge in [0.15, 0.2) is 0 Å². The molecule has 0 aliphatic rings. The van der Waals surface area contributed by atoms with E-state index in [4.69, 9.17) is 4.74 Å². The molecule has 0 rings (SSSR count). The summed E-state index contributed by atoms with van der Waals surface area (Å²) in [6.45, 7) is 6.33. The zero-order valence-corrected chi connectivity index (χ0v) is 40.0. The van der Waals surface area contributed by atoms with E-state index in [0.717, 1.165) is 83.5 Å². The van der Waals surface area contributed by atoms with Crippen LogP contribution in [0.1, 0.15) is 239 Å². The van der Waals surface area contributed by atoms with E-state index in [1.165, 1.54) is 103 Å². The number of hydrogen-bond donors (Lipinski definition) is 3. The van der Waals surface area contributed by atoms with Crippen molar-refractivity contribution in [2.45, 2.75) is 257 Å². The van der Waals surface area contributed by atoms with Crippen LogP contribution in [-0.4, -0.2) is 46.9 Å². The fraction of sp³-hybridized carbons (Fsp3) is 0.745. The molecule has 0 saturated heterocycles. The minimum atomic E-state index is -0.801. The number of ether oxygens (including phenoxy) is 1. The molecule has 0 bridgehead atoms. The van der Waals surface area contributed by atoms with Gasteiger partial charge in [-0.05, 0) is 89.9 Å². The molecule has 61 heavy (non-hydrogen) atoms. The lowest BCUT2D eigenvalue weighted by atomic mass is 10.0. The first-order chi connectivity index (χ1) is 30.0. The molecule has 0 aromatic carbocycles. The number of aliphatic hydroxyl groups excluding tert-OH is 2. The van der Waals surface area contributed by atoms with Gasteiger partial charge in [0.05, 0.1) is 25.2 Å². The number of carbonyl (C=O) groups is 2. The van der Waals surface area contributed by atoms with Gasteiger partial charge in [0, 0.05) is 6.42 Å². The van der Waals surface area contributed by atoms with Gasteiger partial charge in [-0.3, -0.25) is 9.59 Å². The van der Waals surface area contributed by atoms with Gasteiger partial charge in [-0.15, -0.1) is 0 Å². The highest BCUT2D eigenvalue weighted by molar-refractivity contribution is 5.77. The Morgan fingerprint density at radius 1 is 0.492 bits per heavy atom. The third-order valence-electron chi connectivity index (χ3n) is 11.3. The Hall–Kier alpha value is -2.70. The first-order valence-electron chi connectivity index (χ1n) is 25.7. The number of amides is 1. The summed E-state index contributed by atoms with van der Waals surface area (Å²) < 4.78 is 5.90. The normalized spacial score (nSPS) is 13.9. The maximum Gasteiger partial charge on any atom is 0.306 e. The van der Waals surface area contributed by atoms with Crippen LogP contribution in [0.4, 0.5) is 0 Å². The fourth-order valence-electron chi connectivity index (χ4n) is 7.40. The third-order valence-corrected chi connectivity index (χ3v) is 11.3. The number of carbonyl (C=O) groups excluding carboxylic acids is 2. The highest BCUT2D eigenvalue weighted by Gasteiger charge is 2.24. The van der Waals surface area contributed by atoms with Crippen molar-refractivity contribution in [3.05, 3.63) is 72.9 Å². The molecule has 0 fully saturated rings. The Morgan fingerprint density at radius 3 is 1.38 bits per heavy atom. The minimum Gasteiger partial charge on any atom is -0.462 e. The zero-order chi connectivity index (χ0) is 44.5. The molecule has 0 radical (unpaired) electrons. The maximum absolute atomic E-state index is 13.2. The van der Waals surface area contributed by atoms with E-state index < -0.39 is 18.2 Å². The Kier molecular flexibility index (Phi) is 46.2. The van der Waals surface area contributed by atoms with Crippen LogP contribution in [0.5, 0.6) is 0 Å². The number of aliphatic hydroxyl groups is 2. The van der Waals surface area contributed by atoms with Gasteiger partial charge in [-0.2, -0.15) is 0 Å². The largest absolute Gasteiger partial charge is 0.462 e. The summed E-state index contributed by atoms with van der Waals surface area (Å²) in [7, 11) is 0. The van der Waals surface area contributed by atoms with E-state index in [1.54, 1.807) is 0 Å². The molecular formula is C55H97NO5. The summed E-state index contributed by atoms with van der Waals surface area (Å²) in [5, 5.41) is 23.7. The molecule has 3 N–H and O–H groups in total. The van der Waals surface area contributed by atoms with E-state index in [1.807, 2.05) is 0 Å². The molecule has 3 unspecified atom stereocenters. The predicted molar refractivity (Wildman–Crippen MR) is 264 cm³/mol. The average Bonchev–Trinajstić information content (AvgIpc) is 3.25. The van der Waals surface area contributed by atoms with Gasteiger partial charge >= 0.3 is 5.97 Å². The van der Waals surface area contributed by atoms with Crippen LogP contribution in [0.25, 0.3) is 0 Å². The van der Waals surface area contributed by atoms with Gasteiger partial charge in [0.25, 0.3) is 0 Å². The number of allylic oxidation sites excluding steroid dienone is 12. The Labute approximate surface area is 377 Å². The van der Waals surface area contributed by atoms with Crippen molar-refractivity contribution < 1.29 is 24.5 Å². The van der Waals surface area contributed by atoms with E-state index >= 15 is 0 Å². The molecule has 0 aliphatic carbocycles. The van der Waals surface area contributed by atoms with Crippen molar-refractivity contribution >= 4 is 11.9 Å². The average molecular weight is 852 g/mol. The topological polar surface area (TPSA) is 95.9 Å². The van der Waals surface area contributed by atoms with Crippen molar-refractivity contribution in [1.29, 1.82) is 0 Å². The minimum absolute atomic E-state index is 0.0470. The Balaban J connectivity index is 4.68. The molecule has 6 nitrogen and oxygen atoms in total. The van der Waals surface area contributed by atoms with E-state index in [-0.39, 0.29) is 24.9 Å².